The molecule has 5 nitrogen and oxygen atoms in total. The summed E-state index contributed by atoms with van der Waals surface area (Å²) in [7, 11) is 5.51. The summed E-state index contributed by atoms with van der Waals surface area (Å²) in [5.41, 5.74) is 1.23. The Bertz CT molecular complexity index is 447. The van der Waals surface area contributed by atoms with Crippen LogP contribution in [-0.2, 0) is 0 Å². The summed E-state index contributed by atoms with van der Waals surface area (Å²) in [5.74, 6) is 0.0755. The van der Waals surface area contributed by atoms with Gasteiger partial charge in [0.15, 0.2) is 0 Å². The molecule has 0 aliphatic rings. The van der Waals surface area contributed by atoms with Gasteiger partial charge >= 0.3 is 6.03 Å². The number of unbranched alkanes of at least 4 members (excludes halogenated alkanes) is 2. The van der Waals surface area contributed by atoms with Crippen molar-refractivity contribution in [2.75, 3.05) is 37.9 Å². The Morgan fingerprint density at radius 3 is 2.55 bits per heavy atom. The van der Waals surface area contributed by atoms with E-state index >= 15 is 0 Å². The fourth-order valence-corrected chi connectivity index (χ4v) is 1.93. The molecular weight excluding hydrogens is 254 g/mol. The van der Waals surface area contributed by atoms with E-state index in [1.807, 2.05) is 25.1 Å². The van der Waals surface area contributed by atoms with Crippen LogP contribution < -0.4 is 10.2 Å². The minimum Gasteiger partial charge on any atom is -0.506 e. The van der Waals surface area contributed by atoms with Crippen LogP contribution in [0.3, 0.4) is 0 Å². The Hall–Kier alpha value is -1.91. The molecule has 0 saturated heterocycles. The zero-order chi connectivity index (χ0) is 15.1. The first-order valence-corrected chi connectivity index (χ1v) is 6.98. The number of carbonyl (C=O) groups excluding carboxylic acids is 1. The number of hydrogen-bond donors (Lipinski definition) is 2. The summed E-state index contributed by atoms with van der Waals surface area (Å²) >= 11 is 0. The zero-order valence-electron chi connectivity index (χ0n) is 12.8. The smallest absolute Gasteiger partial charge is 0.321 e. The molecule has 1 aromatic rings. The lowest BCUT2D eigenvalue weighted by Gasteiger charge is -2.22. The van der Waals surface area contributed by atoms with Crippen molar-refractivity contribution in [1.29, 1.82) is 0 Å². The second kappa shape index (κ2) is 7.62. The van der Waals surface area contributed by atoms with Crippen LogP contribution in [0.4, 0.5) is 16.2 Å². The maximum atomic E-state index is 12.1. The number of amides is 2. The molecule has 0 spiro atoms. The molecule has 0 fully saturated rings. The molecule has 112 valence electrons. The lowest BCUT2D eigenvalue weighted by molar-refractivity contribution is 0.221. The molecule has 0 saturated carbocycles. The number of phenolic OH excluding ortho intramolecular Hbond substituents is 1. The standard InChI is InChI=1S/C15H25N3O2/c1-5-6-7-11-18(4)15(20)16-14-12(17(2)3)9-8-10-13(14)19/h8-10,19H,5-7,11H2,1-4H3,(H,16,20). The quantitative estimate of drug-likeness (QED) is 0.621. The molecule has 5 heteroatoms. The van der Waals surface area contributed by atoms with E-state index in [1.54, 1.807) is 24.1 Å². The van der Waals surface area contributed by atoms with Crippen molar-refractivity contribution >= 4 is 17.4 Å². The van der Waals surface area contributed by atoms with Crippen LogP contribution >= 0.6 is 0 Å². The number of hydrogen-bond acceptors (Lipinski definition) is 3. The first-order chi connectivity index (χ1) is 9.47. The lowest BCUT2D eigenvalue weighted by atomic mass is 10.2. The molecule has 0 heterocycles. The number of nitrogens with one attached hydrogen (secondary N) is 1. The lowest BCUT2D eigenvalue weighted by Crippen LogP contribution is -2.32. The van der Waals surface area contributed by atoms with E-state index < -0.39 is 0 Å². The van der Waals surface area contributed by atoms with Crippen LogP contribution in [0.1, 0.15) is 26.2 Å². The molecule has 0 radical (unpaired) electrons. The molecule has 20 heavy (non-hydrogen) atoms. The van der Waals surface area contributed by atoms with Crippen molar-refractivity contribution in [2.45, 2.75) is 26.2 Å². The van der Waals surface area contributed by atoms with E-state index in [1.165, 1.54) is 0 Å². The van der Waals surface area contributed by atoms with Gasteiger partial charge in [0.25, 0.3) is 0 Å². The van der Waals surface area contributed by atoms with E-state index in [9.17, 15) is 9.90 Å². The predicted octanol–water partition coefficient (Wildman–Crippen LogP) is 3.11. The molecule has 0 atom stereocenters. The number of anilines is 2. The summed E-state index contributed by atoms with van der Waals surface area (Å²) < 4.78 is 0. The number of benzene rings is 1. The molecular formula is C15H25N3O2. The maximum absolute atomic E-state index is 12.1. The van der Waals surface area contributed by atoms with Crippen molar-refractivity contribution < 1.29 is 9.90 Å². The fraction of sp³-hybridized carbons (Fsp3) is 0.533. The number of rotatable bonds is 6. The fourth-order valence-electron chi connectivity index (χ4n) is 1.93. The summed E-state index contributed by atoms with van der Waals surface area (Å²) in [6.07, 6.45) is 3.22. The highest BCUT2D eigenvalue weighted by Gasteiger charge is 2.15. The van der Waals surface area contributed by atoms with Gasteiger partial charge in [-0.25, -0.2) is 4.79 Å². The molecule has 0 unspecified atom stereocenters. The Labute approximate surface area is 121 Å². The van der Waals surface area contributed by atoms with Crippen LogP contribution in [0.5, 0.6) is 5.75 Å². The van der Waals surface area contributed by atoms with Gasteiger partial charge in [0, 0.05) is 27.7 Å². The summed E-state index contributed by atoms with van der Waals surface area (Å²) in [6.45, 7) is 2.84. The van der Waals surface area contributed by atoms with Crippen molar-refractivity contribution in [3.05, 3.63) is 18.2 Å². The van der Waals surface area contributed by atoms with E-state index in [2.05, 4.69) is 12.2 Å². The average Bonchev–Trinajstić information content (AvgIpc) is 2.40. The number of nitrogens with zero attached hydrogens (tertiary/aromatic N) is 2. The molecule has 1 aromatic carbocycles. The van der Waals surface area contributed by atoms with Crippen LogP contribution in [-0.4, -0.2) is 43.7 Å². The van der Waals surface area contributed by atoms with E-state index in [0.717, 1.165) is 24.9 Å². The average molecular weight is 279 g/mol. The van der Waals surface area contributed by atoms with Crippen LogP contribution in [0.15, 0.2) is 18.2 Å². The topological polar surface area (TPSA) is 55.8 Å². The number of phenols is 1. The van der Waals surface area contributed by atoms with Crippen LogP contribution in [0.25, 0.3) is 0 Å². The largest absolute Gasteiger partial charge is 0.506 e. The minimum absolute atomic E-state index is 0.0755. The Morgan fingerprint density at radius 2 is 1.95 bits per heavy atom. The molecule has 1 rings (SSSR count). The predicted molar refractivity (Wildman–Crippen MR) is 83.6 cm³/mol. The second-order valence-corrected chi connectivity index (χ2v) is 5.12. The van der Waals surface area contributed by atoms with Gasteiger partial charge in [0.05, 0.1) is 5.69 Å². The second-order valence-electron chi connectivity index (χ2n) is 5.12. The van der Waals surface area contributed by atoms with Gasteiger partial charge in [-0.1, -0.05) is 25.8 Å². The summed E-state index contributed by atoms with van der Waals surface area (Å²) in [5, 5.41) is 12.7. The Morgan fingerprint density at radius 1 is 1.25 bits per heavy atom. The van der Waals surface area contributed by atoms with Crippen molar-refractivity contribution in [3.63, 3.8) is 0 Å². The highest BCUT2D eigenvalue weighted by molar-refractivity contribution is 5.95. The van der Waals surface area contributed by atoms with Gasteiger partial charge in [-0.05, 0) is 18.6 Å². The highest BCUT2D eigenvalue weighted by Crippen LogP contribution is 2.33. The van der Waals surface area contributed by atoms with Gasteiger partial charge in [0.2, 0.25) is 0 Å². The summed E-state index contributed by atoms with van der Waals surface area (Å²) in [6, 6.07) is 4.97. The SMILES string of the molecule is CCCCCN(C)C(=O)Nc1c(O)cccc1N(C)C. The van der Waals surface area contributed by atoms with Gasteiger partial charge in [-0.15, -0.1) is 0 Å². The van der Waals surface area contributed by atoms with Gasteiger partial charge < -0.3 is 20.2 Å². The van der Waals surface area contributed by atoms with Crippen LogP contribution in [0, 0.1) is 0 Å². The molecule has 0 aliphatic carbocycles. The third-order valence-corrected chi connectivity index (χ3v) is 3.18. The van der Waals surface area contributed by atoms with Crippen molar-refractivity contribution in [1.82, 2.24) is 4.90 Å². The third-order valence-electron chi connectivity index (χ3n) is 3.18. The number of aromatic hydroxyl groups is 1. The van der Waals surface area contributed by atoms with Gasteiger partial charge in [-0.3, -0.25) is 0 Å². The minimum atomic E-state index is -0.203. The summed E-state index contributed by atoms with van der Waals surface area (Å²) in [4.78, 5) is 15.6. The Kier molecular flexibility index (Phi) is 6.15. The molecule has 0 bridgehead atoms. The number of urea groups is 1. The molecule has 2 N–H and O–H groups in total. The van der Waals surface area contributed by atoms with E-state index in [-0.39, 0.29) is 11.8 Å². The van der Waals surface area contributed by atoms with Crippen molar-refractivity contribution in [2.24, 2.45) is 0 Å². The first-order valence-electron chi connectivity index (χ1n) is 6.98. The maximum Gasteiger partial charge on any atom is 0.321 e. The normalized spacial score (nSPS) is 10.2. The third kappa shape index (κ3) is 4.33. The van der Waals surface area contributed by atoms with Crippen LogP contribution in [0.2, 0.25) is 0 Å². The number of carbonyl (C=O) groups is 1. The zero-order valence-corrected chi connectivity index (χ0v) is 12.8. The van der Waals surface area contributed by atoms with Crippen molar-refractivity contribution in [3.8, 4) is 5.75 Å². The van der Waals surface area contributed by atoms with Gasteiger partial charge in [-0.2, -0.15) is 0 Å². The van der Waals surface area contributed by atoms with Gasteiger partial charge in [0.1, 0.15) is 11.4 Å². The monoisotopic (exact) mass is 279 g/mol. The van der Waals surface area contributed by atoms with E-state index in [4.69, 9.17) is 0 Å². The Balaban J connectivity index is 2.75. The highest BCUT2D eigenvalue weighted by atomic mass is 16.3. The molecule has 0 aromatic heterocycles. The number of para-hydroxylation sites is 1. The first kappa shape index (κ1) is 16.1. The van der Waals surface area contributed by atoms with E-state index in [0.29, 0.717) is 12.2 Å². The molecule has 0 aliphatic heterocycles. The molecule has 2 amide bonds.